The Bertz CT molecular complexity index is 795. The van der Waals surface area contributed by atoms with Gasteiger partial charge in [-0.15, -0.1) is 35.7 Å². The Morgan fingerprint density at radius 2 is 1.84 bits per heavy atom. The van der Waals surface area contributed by atoms with Gasteiger partial charge in [0.1, 0.15) is 11.6 Å². The summed E-state index contributed by atoms with van der Waals surface area (Å²) in [5.41, 5.74) is 1.13. The van der Waals surface area contributed by atoms with Crippen LogP contribution in [0.15, 0.2) is 52.5 Å². The Morgan fingerprint density at radius 1 is 1.10 bits per heavy atom. The van der Waals surface area contributed by atoms with Crippen LogP contribution in [0.4, 0.5) is 10.2 Å². The van der Waals surface area contributed by atoms with Gasteiger partial charge in [0.2, 0.25) is 0 Å². The molecular weight excluding hydrogens is 526 g/mol. The second-order valence-electron chi connectivity index (χ2n) is 7.32. The summed E-state index contributed by atoms with van der Waals surface area (Å²) in [6.07, 6.45) is 2.93. The molecule has 0 spiro atoms. The Balaban J connectivity index is 0.00000341. The third-order valence-electron chi connectivity index (χ3n) is 5.02. The number of piperazine rings is 1. The van der Waals surface area contributed by atoms with Gasteiger partial charge in [0.05, 0.1) is 0 Å². The van der Waals surface area contributed by atoms with Crippen molar-refractivity contribution in [3.63, 3.8) is 0 Å². The highest BCUT2D eigenvalue weighted by atomic mass is 127. The molecule has 0 saturated carbocycles. The minimum absolute atomic E-state index is 0. The number of hydrogen-bond donors (Lipinski definition) is 2. The largest absolute Gasteiger partial charge is 0.356 e. The van der Waals surface area contributed by atoms with Crippen LogP contribution in [0.3, 0.4) is 0 Å². The minimum atomic E-state index is -0.194. The Hall–Kier alpha value is -1.59. The van der Waals surface area contributed by atoms with Crippen molar-refractivity contribution in [3.05, 3.63) is 54.0 Å². The number of halogens is 2. The van der Waals surface area contributed by atoms with E-state index in [1.165, 1.54) is 12.1 Å². The number of thioether (sulfide) groups is 1. The molecule has 2 aromatic rings. The van der Waals surface area contributed by atoms with E-state index in [1.807, 2.05) is 18.3 Å². The maximum atomic E-state index is 12.9. The van der Waals surface area contributed by atoms with Crippen LogP contribution >= 0.6 is 35.7 Å². The molecule has 6 nitrogen and oxygen atoms in total. The fourth-order valence-electron chi connectivity index (χ4n) is 3.15. The molecule has 1 fully saturated rings. The zero-order valence-electron chi connectivity index (χ0n) is 18.2. The fourth-order valence-corrected chi connectivity index (χ4v) is 4.00. The lowest BCUT2D eigenvalue weighted by atomic mass is 10.2. The van der Waals surface area contributed by atoms with E-state index in [2.05, 4.69) is 49.6 Å². The quantitative estimate of drug-likeness (QED) is 0.170. The molecule has 0 radical (unpaired) electrons. The SMILES string of the molecule is CN=C(NCCCSc1ccc(F)cc1)NCc1ccc(N2CCN(C)CC2)nc1.I. The third-order valence-corrected chi connectivity index (χ3v) is 6.11. The van der Waals surface area contributed by atoms with Crippen molar-refractivity contribution in [3.8, 4) is 0 Å². The summed E-state index contributed by atoms with van der Waals surface area (Å²) in [6, 6.07) is 10.9. The van der Waals surface area contributed by atoms with Crippen molar-refractivity contribution >= 4 is 47.5 Å². The van der Waals surface area contributed by atoms with Crippen LogP contribution in [0.25, 0.3) is 0 Å². The van der Waals surface area contributed by atoms with Crippen molar-refractivity contribution in [1.82, 2.24) is 20.5 Å². The van der Waals surface area contributed by atoms with Crippen LogP contribution < -0.4 is 15.5 Å². The number of pyridine rings is 1. The molecule has 0 unspecified atom stereocenters. The molecule has 1 aliphatic rings. The Labute approximate surface area is 206 Å². The predicted octanol–water partition coefficient (Wildman–Crippen LogP) is 3.44. The van der Waals surface area contributed by atoms with E-state index in [0.717, 1.165) is 67.1 Å². The first-order valence-corrected chi connectivity index (χ1v) is 11.3. The Kier molecular flexibility index (Phi) is 11.4. The number of nitrogens with zero attached hydrogens (tertiary/aromatic N) is 4. The predicted molar refractivity (Wildman–Crippen MR) is 139 cm³/mol. The third kappa shape index (κ3) is 8.82. The molecule has 1 aromatic carbocycles. The van der Waals surface area contributed by atoms with Crippen molar-refractivity contribution in [2.45, 2.75) is 17.9 Å². The molecule has 0 amide bonds. The van der Waals surface area contributed by atoms with Crippen LogP contribution in [0.5, 0.6) is 0 Å². The average molecular weight is 559 g/mol. The first-order valence-electron chi connectivity index (χ1n) is 10.4. The molecule has 2 N–H and O–H groups in total. The van der Waals surface area contributed by atoms with Crippen LogP contribution in [0.2, 0.25) is 0 Å². The molecule has 1 aliphatic heterocycles. The molecule has 0 bridgehead atoms. The van der Waals surface area contributed by atoms with Gasteiger partial charge >= 0.3 is 0 Å². The average Bonchev–Trinajstić information content (AvgIpc) is 2.78. The zero-order chi connectivity index (χ0) is 21.2. The van der Waals surface area contributed by atoms with Crippen LogP contribution in [0.1, 0.15) is 12.0 Å². The molecule has 0 atom stereocenters. The molecular formula is C22H32FIN6S. The second kappa shape index (κ2) is 13.7. The van der Waals surface area contributed by atoms with Gasteiger partial charge < -0.3 is 20.4 Å². The number of aliphatic imine (C=N–C) groups is 1. The van der Waals surface area contributed by atoms with Gasteiger partial charge in [0, 0.05) is 57.4 Å². The summed E-state index contributed by atoms with van der Waals surface area (Å²) in [5, 5.41) is 6.67. The highest BCUT2D eigenvalue weighted by Gasteiger charge is 2.14. The monoisotopic (exact) mass is 558 g/mol. The summed E-state index contributed by atoms with van der Waals surface area (Å²) >= 11 is 1.73. The van der Waals surface area contributed by atoms with Crippen molar-refractivity contribution in [1.29, 1.82) is 0 Å². The first-order chi connectivity index (χ1) is 14.6. The number of aromatic nitrogens is 1. The van der Waals surface area contributed by atoms with E-state index in [0.29, 0.717) is 6.54 Å². The van der Waals surface area contributed by atoms with Crippen molar-refractivity contribution in [2.75, 3.05) is 57.5 Å². The van der Waals surface area contributed by atoms with Crippen LogP contribution in [0, 0.1) is 5.82 Å². The molecule has 1 aromatic heterocycles. The number of hydrogen-bond acceptors (Lipinski definition) is 5. The molecule has 2 heterocycles. The highest BCUT2D eigenvalue weighted by molar-refractivity contribution is 14.0. The van der Waals surface area contributed by atoms with Crippen molar-refractivity contribution in [2.24, 2.45) is 4.99 Å². The van der Waals surface area contributed by atoms with Gasteiger partial charge in [0.25, 0.3) is 0 Å². The molecule has 1 saturated heterocycles. The number of anilines is 1. The van der Waals surface area contributed by atoms with E-state index in [-0.39, 0.29) is 29.8 Å². The van der Waals surface area contributed by atoms with Gasteiger partial charge in [-0.2, -0.15) is 0 Å². The second-order valence-corrected chi connectivity index (χ2v) is 8.49. The summed E-state index contributed by atoms with van der Waals surface area (Å²) in [4.78, 5) is 14.7. The molecule has 9 heteroatoms. The first kappa shape index (κ1) is 25.7. The van der Waals surface area contributed by atoms with Crippen molar-refractivity contribution < 1.29 is 4.39 Å². The number of guanidine groups is 1. The smallest absolute Gasteiger partial charge is 0.191 e. The fraction of sp³-hybridized carbons (Fsp3) is 0.455. The maximum absolute atomic E-state index is 12.9. The zero-order valence-corrected chi connectivity index (χ0v) is 21.3. The molecule has 3 rings (SSSR count). The van der Waals surface area contributed by atoms with E-state index >= 15 is 0 Å². The van der Waals surface area contributed by atoms with E-state index in [1.54, 1.807) is 18.8 Å². The summed E-state index contributed by atoms with van der Waals surface area (Å²) in [7, 11) is 3.93. The number of likely N-dealkylation sites (N-methyl/N-ethyl adjacent to an activating group) is 1. The van der Waals surface area contributed by atoms with Gasteiger partial charge in [-0.05, 0) is 55.1 Å². The number of rotatable bonds is 8. The van der Waals surface area contributed by atoms with Gasteiger partial charge in [-0.1, -0.05) is 6.07 Å². The maximum Gasteiger partial charge on any atom is 0.191 e. The van der Waals surface area contributed by atoms with Gasteiger partial charge in [0.15, 0.2) is 5.96 Å². The van der Waals surface area contributed by atoms with E-state index in [9.17, 15) is 4.39 Å². The van der Waals surface area contributed by atoms with Crippen LogP contribution in [-0.2, 0) is 6.54 Å². The van der Waals surface area contributed by atoms with E-state index < -0.39 is 0 Å². The minimum Gasteiger partial charge on any atom is -0.356 e. The lowest BCUT2D eigenvalue weighted by molar-refractivity contribution is 0.312. The summed E-state index contributed by atoms with van der Waals surface area (Å²) in [5.74, 6) is 2.60. The molecule has 170 valence electrons. The topological polar surface area (TPSA) is 55.8 Å². The van der Waals surface area contributed by atoms with Gasteiger partial charge in [-0.25, -0.2) is 9.37 Å². The standard InChI is InChI=1S/C22H31FN6S.HI/c1-24-22(25-10-3-15-30-20-7-5-19(23)6-8-20)27-17-18-4-9-21(26-16-18)29-13-11-28(2)12-14-29;/h4-9,16H,3,10-15,17H2,1-2H3,(H2,24,25,27);1H. The molecule has 31 heavy (non-hydrogen) atoms. The normalized spacial score (nSPS) is 14.8. The lowest BCUT2D eigenvalue weighted by Gasteiger charge is -2.33. The number of nitrogens with one attached hydrogen (secondary N) is 2. The highest BCUT2D eigenvalue weighted by Crippen LogP contribution is 2.18. The van der Waals surface area contributed by atoms with E-state index in [4.69, 9.17) is 0 Å². The summed E-state index contributed by atoms with van der Waals surface area (Å²) < 4.78 is 12.9. The molecule has 0 aliphatic carbocycles. The Morgan fingerprint density at radius 3 is 2.48 bits per heavy atom. The van der Waals surface area contributed by atoms with Gasteiger partial charge in [-0.3, -0.25) is 4.99 Å². The lowest BCUT2D eigenvalue weighted by Crippen LogP contribution is -2.44. The number of benzene rings is 1. The van der Waals surface area contributed by atoms with Crippen LogP contribution in [-0.4, -0.2) is 68.4 Å². The summed E-state index contributed by atoms with van der Waals surface area (Å²) in [6.45, 7) is 5.72.